The predicted molar refractivity (Wildman–Crippen MR) is 107 cm³/mol. The lowest BCUT2D eigenvalue weighted by Crippen LogP contribution is -2.47. The summed E-state index contributed by atoms with van der Waals surface area (Å²) in [6, 6.07) is 4.17. The zero-order valence-electron chi connectivity index (χ0n) is 14.5. The van der Waals surface area contributed by atoms with Crippen molar-refractivity contribution in [1.82, 2.24) is 4.98 Å². The third kappa shape index (κ3) is 4.62. The van der Waals surface area contributed by atoms with Crippen LogP contribution < -0.4 is 11.1 Å². The van der Waals surface area contributed by atoms with Crippen molar-refractivity contribution in [3.8, 4) is 0 Å². The smallest absolute Gasteiger partial charge is 0.416 e. The first-order valence-electron chi connectivity index (χ1n) is 8.09. The van der Waals surface area contributed by atoms with Gasteiger partial charge >= 0.3 is 6.18 Å². The Bertz CT molecular complexity index is 949. The largest absolute Gasteiger partial charge is 0.456 e. The molecule has 3 aromatic heterocycles. The number of anilines is 1. The van der Waals surface area contributed by atoms with Gasteiger partial charge in [-0.1, -0.05) is 17.7 Å². The Kier molecular flexibility index (Phi) is 6.55. The molecule has 0 amide bonds. The summed E-state index contributed by atoms with van der Waals surface area (Å²) in [5.74, 6) is 0.239. The fourth-order valence-electron chi connectivity index (χ4n) is 2.78. The monoisotopic (exact) mass is 497 g/mol. The molecule has 152 valence electrons. The number of thiophene rings is 1. The first kappa shape index (κ1) is 21.4. The van der Waals surface area contributed by atoms with Crippen molar-refractivity contribution in [2.75, 3.05) is 12.4 Å². The summed E-state index contributed by atoms with van der Waals surface area (Å²) in [6.07, 6.45) is -6.89. The minimum atomic E-state index is -4.58. The third-order valence-electron chi connectivity index (χ3n) is 4.04. The molecule has 2 atom stereocenters. The van der Waals surface area contributed by atoms with E-state index in [-0.39, 0.29) is 17.3 Å². The molecule has 5 nitrogen and oxygen atoms in total. The van der Waals surface area contributed by atoms with Crippen LogP contribution in [-0.4, -0.2) is 30.4 Å². The van der Waals surface area contributed by atoms with E-state index in [4.69, 9.17) is 21.8 Å². The van der Waals surface area contributed by atoms with E-state index in [1.54, 1.807) is 17.4 Å². The maximum atomic E-state index is 13.0. The molecule has 0 radical (unpaired) electrons. The molecule has 3 N–H and O–H groups in total. The molecule has 0 fully saturated rings. The first-order chi connectivity index (χ1) is 13.2. The maximum Gasteiger partial charge on any atom is 0.416 e. The zero-order chi connectivity index (χ0) is 20.5. The van der Waals surface area contributed by atoms with Crippen molar-refractivity contribution < 1.29 is 22.3 Å². The molecule has 0 spiro atoms. The molecular weight excluding hydrogens is 483 g/mol. The van der Waals surface area contributed by atoms with Crippen molar-refractivity contribution in [1.29, 1.82) is 0 Å². The normalized spacial score (nSPS) is 14.4. The Morgan fingerprint density at radius 3 is 2.82 bits per heavy atom. The van der Waals surface area contributed by atoms with Crippen molar-refractivity contribution in [3.05, 3.63) is 43.8 Å². The van der Waals surface area contributed by atoms with Crippen LogP contribution in [0.2, 0.25) is 5.15 Å². The van der Waals surface area contributed by atoms with Gasteiger partial charge in [0.25, 0.3) is 0 Å². The van der Waals surface area contributed by atoms with E-state index in [9.17, 15) is 13.2 Å². The van der Waals surface area contributed by atoms with Gasteiger partial charge in [0, 0.05) is 37.1 Å². The van der Waals surface area contributed by atoms with E-state index in [1.807, 2.05) is 17.5 Å². The summed E-state index contributed by atoms with van der Waals surface area (Å²) in [5, 5.41) is 5.40. The lowest BCUT2D eigenvalue weighted by Gasteiger charge is -2.24. The van der Waals surface area contributed by atoms with Gasteiger partial charge in [-0.05, 0) is 27.4 Å². The number of hydrogen-bond acceptors (Lipinski definition) is 6. The summed E-state index contributed by atoms with van der Waals surface area (Å²) in [7, 11) is 0.972. The molecule has 0 saturated heterocycles. The molecule has 0 unspecified atom stereocenters. The standard InChI is InChI=1S/C17H16BrClF3N3O2S/c1-26-16(17(20,21)22)9(23)5-11-13(18)14-15(27-11)10(6-12(19)25-14)24-7-8-3-2-4-28-8/h2-4,6,9,16H,5,7,23H2,1H3,(H,24,25)/t9-,16-/m1/s1. The summed E-state index contributed by atoms with van der Waals surface area (Å²) in [5.41, 5.74) is 7.12. The first-order valence-corrected chi connectivity index (χ1v) is 10.1. The van der Waals surface area contributed by atoms with Gasteiger partial charge in [0.05, 0.1) is 10.2 Å². The van der Waals surface area contributed by atoms with Crippen LogP contribution in [0, 0.1) is 0 Å². The molecule has 0 aliphatic carbocycles. The number of nitrogens with one attached hydrogen (secondary N) is 1. The van der Waals surface area contributed by atoms with E-state index < -0.39 is 18.3 Å². The van der Waals surface area contributed by atoms with E-state index in [0.29, 0.717) is 27.8 Å². The second-order valence-electron chi connectivity index (χ2n) is 6.01. The molecule has 0 aliphatic rings. The summed E-state index contributed by atoms with van der Waals surface area (Å²) in [6.45, 7) is 0.542. The summed E-state index contributed by atoms with van der Waals surface area (Å²) in [4.78, 5) is 5.31. The highest BCUT2D eigenvalue weighted by Gasteiger charge is 2.44. The Labute approximate surface area is 176 Å². The lowest BCUT2D eigenvalue weighted by atomic mass is 10.1. The van der Waals surface area contributed by atoms with Crippen molar-refractivity contribution >= 4 is 55.7 Å². The fourth-order valence-corrected chi connectivity index (χ4v) is 4.13. The van der Waals surface area contributed by atoms with Crippen LogP contribution in [0.4, 0.5) is 18.9 Å². The lowest BCUT2D eigenvalue weighted by molar-refractivity contribution is -0.218. The number of hydrogen-bond donors (Lipinski definition) is 2. The van der Waals surface area contributed by atoms with Gasteiger partial charge in [-0.15, -0.1) is 11.3 Å². The predicted octanol–water partition coefficient (Wildman–Crippen LogP) is 5.36. The number of nitrogens with zero attached hydrogens (tertiary/aromatic N) is 1. The van der Waals surface area contributed by atoms with Crippen LogP contribution in [0.5, 0.6) is 0 Å². The minimum absolute atomic E-state index is 0.197. The molecule has 0 saturated carbocycles. The van der Waals surface area contributed by atoms with Gasteiger partial charge in [0.2, 0.25) is 0 Å². The molecular formula is C17H16BrClF3N3O2S. The van der Waals surface area contributed by atoms with Crippen molar-refractivity contribution in [2.24, 2.45) is 5.73 Å². The number of nitrogens with two attached hydrogens (primary N) is 1. The number of furan rings is 1. The Hall–Kier alpha value is -1.33. The minimum Gasteiger partial charge on any atom is -0.456 e. The van der Waals surface area contributed by atoms with Crippen LogP contribution >= 0.6 is 38.9 Å². The number of halogens is 5. The van der Waals surface area contributed by atoms with E-state index >= 15 is 0 Å². The second kappa shape index (κ2) is 8.58. The van der Waals surface area contributed by atoms with Crippen LogP contribution in [0.3, 0.4) is 0 Å². The van der Waals surface area contributed by atoms with Crippen LogP contribution in [0.25, 0.3) is 11.1 Å². The summed E-state index contributed by atoms with van der Waals surface area (Å²) >= 11 is 11.0. The topological polar surface area (TPSA) is 73.3 Å². The highest BCUT2D eigenvalue weighted by molar-refractivity contribution is 9.10. The number of rotatable bonds is 7. The Morgan fingerprint density at radius 2 is 2.21 bits per heavy atom. The third-order valence-corrected chi connectivity index (χ3v) is 5.93. The molecule has 28 heavy (non-hydrogen) atoms. The Morgan fingerprint density at radius 1 is 1.46 bits per heavy atom. The highest BCUT2D eigenvalue weighted by Crippen LogP contribution is 2.37. The number of ether oxygens (including phenoxy) is 1. The molecule has 3 rings (SSSR count). The maximum absolute atomic E-state index is 13.0. The summed E-state index contributed by atoms with van der Waals surface area (Å²) < 4.78 is 49.9. The quantitative estimate of drug-likeness (QED) is 0.429. The molecule has 3 heterocycles. The van der Waals surface area contributed by atoms with Gasteiger partial charge in [-0.25, -0.2) is 4.98 Å². The van der Waals surface area contributed by atoms with Gasteiger partial charge in [0.1, 0.15) is 16.4 Å². The van der Waals surface area contributed by atoms with Gasteiger partial charge in [-0.2, -0.15) is 13.2 Å². The average molecular weight is 499 g/mol. The van der Waals surface area contributed by atoms with E-state index in [0.717, 1.165) is 12.0 Å². The molecule has 0 bridgehead atoms. The van der Waals surface area contributed by atoms with Crippen LogP contribution in [0.15, 0.2) is 32.5 Å². The van der Waals surface area contributed by atoms with Crippen molar-refractivity contribution in [2.45, 2.75) is 31.3 Å². The number of alkyl halides is 3. The van der Waals surface area contributed by atoms with Crippen molar-refractivity contribution in [3.63, 3.8) is 0 Å². The second-order valence-corrected chi connectivity index (χ2v) is 8.22. The van der Waals surface area contributed by atoms with Gasteiger partial charge in [0.15, 0.2) is 11.7 Å². The van der Waals surface area contributed by atoms with Crippen LogP contribution in [-0.2, 0) is 17.7 Å². The number of fused-ring (bicyclic) bond motifs is 1. The fraction of sp³-hybridized carbons (Fsp3) is 0.353. The number of aromatic nitrogens is 1. The molecule has 11 heteroatoms. The highest BCUT2D eigenvalue weighted by atomic mass is 79.9. The van der Waals surface area contributed by atoms with Crippen LogP contribution in [0.1, 0.15) is 10.6 Å². The van der Waals surface area contributed by atoms with E-state index in [2.05, 4.69) is 31.0 Å². The van der Waals surface area contributed by atoms with Gasteiger partial charge in [-0.3, -0.25) is 0 Å². The zero-order valence-corrected chi connectivity index (χ0v) is 17.7. The van der Waals surface area contributed by atoms with E-state index in [1.165, 1.54) is 0 Å². The molecule has 0 aromatic carbocycles. The average Bonchev–Trinajstić information content (AvgIpc) is 3.22. The molecule has 0 aliphatic heterocycles. The van der Waals surface area contributed by atoms with Gasteiger partial charge < -0.3 is 20.2 Å². The SMILES string of the molecule is CO[C@H]([C@H](N)Cc1oc2c(NCc3cccs3)cc(Cl)nc2c1Br)C(F)(F)F. The Balaban J connectivity index is 1.90. The number of pyridine rings is 1. The number of methoxy groups -OCH3 is 1. The molecule has 3 aromatic rings.